The van der Waals surface area contributed by atoms with E-state index in [4.69, 9.17) is 5.26 Å². The van der Waals surface area contributed by atoms with Gasteiger partial charge in [0, 0.05) is 12.6 Å². The minimum atomic E-state index is 0.378. The van der Waals surface area contributed by atoms with Gasteiger partial charge in [0.15, 0.2) is 6.19 Å². The third-order valence-electron chi connectivity index (χ3n) is 1.57. The van der Waals surface area contributed by atoms with Crippen molar-refractivity contribution < 1.29 is 0 Å². The predicted molar refractivity (Wildman–Crippen MR) is 34.6 cm³/mol. The molecule has 0 aromatic heterocycles. The molecular formula is C6H11N3. The van der Waals surface area contributed by atoms with E-state index in [1.54, 1.807) is 0 Å². The maximum absolute atomic E-state index is 8.23. The highest BCUT2D eigenvalue weighted by Crippen LogP contribution is 1.99. The minimum Gasteiger partial charge on any atom is -0.319 e. The molecule has 3 nitrogen and oxygen atoms in total. The van der Waals surface area contributed by atoms with E-state index in [2.05, 4.69) is 10.6 Å². The van der Waals surface area contributed by atoms with Crippen LogP contribution < -0.4 is 10.6 Å². The van der Waals surface area contributed by atoms with E-state index in [1.165, 1.54) is 6.42 Å². The van der Waals surface area contributed by atoms with Gasteiger partial charge in [0.2, 0.25) is 0 Å². The number of piperidine rings is 1. The second-order valence-electron chi connectivity index (χ2n) is 2.30. The lowest BCUT2D eigenvalue weighted by molar-refractivity contribution is 0.425. The van der Waals surface area contributed by atoms with Crippen molar-refractivity contribution in [3.05, 3.63) is 0 Å². The molecule has 0 aromatic rings. The minimum absolute atomic E-state index is 0.378. The van der Waals surface area contributed by atoms with Crippen molar-refractivity contribution >= 4 is 0 Å². The van der Waals surface area contributed by atoms with Crippen LogP contribution in [0.25, 0.3) is 0 Å². The Morgan fingerprint density at radius 3 is 3.11 bits per heavy atom. The van der Waals surface area contributed by atoms with Crippen LogP contribution >= 0.6 is 0 Å². The van der Waals surface area contributed by atoms with Crippen LogP contribution in [-0.4, -0.2) is 19.1 Å². The van der Waals surface area contributed by atoms with Crippen LogP contribution in [-0.2, 0) is 0 Å². The van der Waals surface area contributed by atoms with Gasteiger partial charge in [-0.15, -0.1) is 0 Å². The van der Waals surface area contributed by atoms with Gasteiger partial charge in [-0.1, -0.05) is 0 Å². The molecule has 9 heavy (non-hydrogen) atoms. The molecule has 50 valence electrons. The van der Waals surface area contributed by atoms with Gasteiger partial charge in [0.05, 0.1) is 0 Å². The molecule has 3 heteroatoms. The Morgan fingerprint density at radius 1 is 1.67 bits per heavy atom. The van der Waals surface area contributed by atoms with Crippen molar-refractivity contribution in [2.45, 2.75) is 18.9 Å². The standard InChI is InChI=1S/C6H11N3/c7-5-9-6-2-1-3-8-4-6/h6,8-9H,1-4H2. The summed E-state index contributed by atoms with van der Waals surface area (Å²) in [6.45, 7) is 2.04. The normalized spacial score (nSPS) is 26.8. The fourth-order valence-corrected chi connectivity index (χ4v) is 1.07. The van der Waals surface area contributed by atoms with Crippen molar-refractivity contribution in [1.29, 1.82) is 5.26 Å². The third-order valence-corrected chi connectivity index (χ3v) is 1.57. The van der Waals surface area contributed by atoms with Crippen molar-refractivity contribution in [3.63, 3.8) is 0 Å². The highest BCUT2D eigenvalue weighted by molar-refractivity contribution is 4.80. The molecule has 0 radical (unpaired) electrons. The Labute approximate surface area is 55.1 Å². The van der Waals surface area contributed by atoms with Crippen molar-refractivity contribution in [2.75, 3.05) is 13.1 Å². The van der Waals surface area contributed by atoms with E-state index in [1.807, 2.05) is 6.19 Å². The Hall–Kier alpha value is -0.750. The van der Waals surface area contributed by atoms with Crippen LogP contribution in [0, 0.1) is 11.5 Å². The predicted octanol–water partition coefficient (Wildman–Crippen LogP) is -0.191. The Kier molecular flexibility index (Phi) is 2.34. The maximum atomic E-state index is 8.23. The van der Waals surface area contributed by atoms with E-state index in [0.29, 0.717) is 6.04 Å². The summed E-state index contributed by atoms with van der Waals surface area (Å²) in [5, 5.41) is 14.2. The fraction of sp³-hybridized carbons (Fsp3) is 0.833. The van der Waals surface area contributed by atoms with Crippen LogP contribution in [0.4, 0.5) is 0 Å². The molecule has 1 saturated heterocycles. The first-order valence-electron chi connectivity index (χ1n) is 3.29. The molecule has 1 unspecified atom stereocenters. The second-order valence-corrected chi connectivity index (χ2v) is 2.30. The summed E-state index contributed by atoms with van der Waals surface area (Å²) in [7, 11) is 0. The number of rotatable bonds is 1. The summed E-state index contributed by atoms with van der Waals surface area (Å²) < 4.78 is 0. The van der Waals surface area contributed by atoms with Crippen LogP contribution in [0.2, 0.25) is 0 Å². The van der Waals surface area contributed by atoms with E-state index >= 15 is 0 Å². The molecule has 2 N–H and O–H groups in total. The molecule has 1 heterocycles. The highest BCUT2D eigenvalue weighted by atomic mass is 15.0. The van der Waals surface area contributed by atoms with Gasteiger partial charge in [0.25, 0.3) is 0 Å². The summed E-state index contributed by atoms with van der Waals surface area (Å²) >= 11 is 0. The molecule has 1 aliphatic rings. The third kappa shape index (κ3) is 1.90. The summed E-state index contributed by atoms with van der Waals surface area (Å²) in [6, 6.07) is 0.378. The lowest BCUT2D eigenvalue weighted by atomic mass is 10.1. The smallest absolute Gasteiger partial charge is 0.176 e. The molecule has 1 atom stereocenters. The number of nitriles is 1. The quantitative estimate of drug-likeness (QED) is 0.377. The largest absolute Gasteiger partial charge is 0.319 e. The van der Waals surface area contributed by atoms with Crippen LogP contribution in [0.1, 0.15) is 12.8 Å². The molecule has 0 bridgehead atoms. The summed E-state index contributed by atoms with van der Waals surface area (Å²) in [5.74, 6) is 0. The molecular weight excluding hydrogens is 114 g/mol. The fourth-order valence-electron chi connectivity index (χ4n) is 1.07. The highest BCUT2D eigenvalue weighted by Gasteiger charge is 2.10. The molecule has 1 aliphatic heterocycles. The van der Waals surface area contributed by atoms with E-state index in [9.17, 15) is 0 Å². The van der Waals surface area contributed by atoms with Crippen molar-refractivity contribution in [1.82, 2.24) is 10.6 Å². The van der Waals surface area contributed by atoms with Gasteiger partial charge in [-0.25, -0.2) is 0 Å². The SMILES string of the molecule is N#CNC1CCCNC1. The van der Waals surface area contributed by atoms with E-state index < -0.39 is 0 Å². The molecule has 0 saturated carbocycles. The first-order valence-corrected chi connectivity index (χ1v) is 3.29. The van der Waals surface area contributed by atoms with Crippen LogP contribution in [0.15, 0.2) is 0 Å². The summed E-state index contributed by atoms with van der Waals surface area (Å²) in [6.07, 6.45) is 4.25. The molecule has 1 rings (SSSR count). The lowest BCUT2D eigenvalue weighted by Gasteiger charge is -2.20. The number of nitrogens with zero attached hydrogens (tertiary/aromatic N) is 1. The maximum Gasteiger partial charge on any atom is 0.176 e. The summed E-state index contributed by atoms with van der Waals surface area (Å²) in [5.41, 5.74) is 0. The number of hydrogen-bond acceptors (Lipinski definition) is 3. The first-order chi connectivity index (χ1) is 4.43. The van der Waals surface area contributed by atoms with Crippen molar-refractivity contribution in [2.24, 2.45) is 0 Å². The summed E-state index contributed by atoms with van der Waals surface area (Å²) in [4.78, 5) is 0. The van der Waals surface area contributed by atoms with Crippen LogP contribution in [0.3, 0.4) is 0 Å². The average molecular weight is 125 g/mol. The van der Waals surface area contributed by atoms with Gasteiger partial charge in [-0.05, 0) is 19.4 Å². The molecule has 0 aliphatic carbocycles. The van der Waals surface area contributed by atoms with Crippen molar-refractivity contribution in [3.8, 4) is 6.19 Å². The van der Waals surface area contributed by atoms with Crippen LogP contribution in [0.5, 0.6) is 0 Å². The number of nitrogens with one attached hydrogen (secondary N) is 2. The topological polar surface area (TPSA) is 47.9 Å². The molecule has 0 spiro atoms. The average Bonchev–Trinajstić information content (AvgIpc) is 1.91. The number of hydrogen-bond donors (Lipinski definition) is 2. The lowest BCUT2D eigenvalue weighted by Crippen LogP contribution is -2.40. The van der Waals surface area contributed by atoms with Gasteiger partial charge in [-0.2, -0.15) is 5.26 Å². The van der Waals surface area contributed by atoms with Gasteiger partial charge in [0.1, 0.15) is 0 Å². The zero-order valence-electron chi connectivity index (χ0n) is 5.35. The second kappa shape index (κ2) is 3.31. The Morgan fingerprint density at radius 2 is 2.56 bits per heavy atom. The van der Waals surface area contributed by atoms with Gasteiger partial charge < -0.3 is 10.6 Å². The Bertz CT molecular complexity index is 110. The first kappa shape index (κ1) is 6.37. The van der Waals surface area contributed by atoms with Gasteiger partial charge in [-0.3, -0.25) is 0 Å². The Balaban J connectivity index is 2.17. The zero-order valence-corrected chi connectivity index (χ0v) is 5.35. The van der Waals surface area contributed by atoms with E-state index in [0.717, 1.165) is 19.5 Å². The molecule has 0 aromatic carbocycles. The molecule has 0 amide bonds. The zero-order chi connectivity index (χ0) is 6.53. The molecule has 1 fully saturated rings. The van der Waals surface area contributed by atoms with E-state index in [-0.39, 0.29) is 0 Å². The monoisotopic (exact) mass is 125 g/mol. The van der Waals surface area contributed by atoms with Gasteiger partial charge >= 0.3 is 0 Å².